The predicted molar refractivity (Wildman–Crippen MR) is 93.6 cm³/mol. The number of amides is 1. The maximum Gasteiger partial charge on any atom is 0.224 e. The van der Waals surface area contributed by atoms with Gasteiger partial charge in [-0.3, -0.25) is 4.79 Å². The van der Waals surface area contributed by atoms with Crippen molar-refractivity contribution in [1.82, 2.24) is 0 Å². The highest BCUT2D eigenvalue weighted by atomic mass is 16.5. The summed E-state index contributed by atoms with van der Waals surface area (Å²) >= 11 is 0. The number of carbonyl (C=O) groups excluding carboxylic acids is 1. The highest BCUT2D eigenvalue weighted by molar-refractivity contribution is 5.91. The molecule has 0 saturated heterocycles. The van der Waals surface area contributed by atoms with Gasteiger partial charge in [-0.25, -0.2) is 0 Å². The largest absolute Gasteiger partial charge is 0.489 e. The number of rotatable bonds is 7. The molecular weight excluding hydrogens is 288 g/mol. The van der Waals surface area contributed by atoms with Crippen LogP contribution in [0.25, 0.3) is 0 Å². The van der Waals surface area contributed by atoms with Crippen molar-refractivity contribution < 1.29 is 9.53 Å². The SMILES string of the molecule is Cc1cccc(COc2ccc(NC(=O)CCCN)c(C)c2)c1. The van der Waals surface area contributed by atoms with Crippen LogP contribution in [0.1, 0.15) is 29.5 Å². The van der Waals surface area contributed by atoms with Gasteiger partial charge in [0.1, 0.15) is 12.4 Å². The molecule has 1 amide bonds. The molecule has 23 heavy (non-hydrogen) atoms. The van der Waals surface area contributed by atoms with Gasteiger partial charge in [-0.2, -0.15) is 0 Å². The van der Waals surface area contributed by atoms with Crippen LogP contribution in [0, 0.1) is 13.8 Å². The van der Waals surface area contributed by atoms with E-state index >= 15 is 0 Å². The van der Waals surface area contributed by atoms with Crippen LogP contribution < -0.4 is 15.8 Å². The molecule has 122 valence electrons. The average Bonchev–Trinajstić information content (AvgIpc) is 2.53. The highest BCUT2D eigenvalue weighted by Crippen LogP contribution is 2.22. The second kappa shape index (κ2) is 8.34. The Balaban J connectivity index is 1.94. The molecule has 0 aliphatic rings. The molecule has 0 radical (unpaired) electrons. The van der Waals surface area contributed by atoms with E-state index in [1.165, 1.54) is 5.56 Å². The smallest absolute Gasteiger partial charge is 0.224 e. The van der Waals surface area contributed by atoms with Crippen molar-refractivity contribution in [2.75, 3.05) is 11.9 Å². The molecule has 0 heterocycles. The van der Waals surface area contributed by atoms with Crippen LogP contribution in [-0.4, -0.2) is 12.5 Å². The van der Waals surface area contributed by atoms with Gasteiger partial charge >= 0.3 is 0 Å². The van der Waals surface area contributed by atoms with Crippen molar-refractivity contribution in [2.24, 2.45) is 5.73 Å². The summed E-state index contributed by atoms with van der Waals surface area (Å²) in [5.74, 6) is 0.788. The summed E-state index contributed by atoms with van der Waals surface area (Å²) in [7, 11) is 0. The number of hydrogen-bond acceptors (Lipinski definition) is 3. The van der Waals surface area contributed by atoms with Crippen molar-refractivity contribution in [3.8, 4) is 5.75 Å². The number of hydrogen-bond donors (Lipinski definition) is 2. The zero-order chi connectivity index (χ0) is 16.7. The normalized spacial score (nSPS) is 10.4. The van der Waals surface area contributed by atoms with E-state index in [-0.39, 0.29) is 5.91 Å². The molecule has 2 aromatic carbocycles. The van der Waals surface area contributed by atoms with Crippen LogP contribution in [0.15, 0.2) is 42.5 Å². The molecule has 2 rings (SSSR count). The van der Waals surface area contributed by atoms with Gasteiger partial charge in [0.25, 0.3) is 0 Å². The Bertz CT molecular complexity index is 668. The summed E-state index contributed by atoms with van der Waals surface area (Å²) < 4.78 is 5.82. The third kappa shape index (κ3) is 5.42. The van der Waals surface area contributed by atoms with Gasteiger partial charge in [-0.05, 0) is 56.1 Å². The van der Waals surface area contributed by atoms with Crippen LogP contribution in [0.2, 0.25) is 0 Å². The van der Waals surface area contributed by atoms with Crippen molar-refractivity contribution in [3.63, 3.8) is 0 Å². The maximum absolute atomic E-state index is 11.8. The Morgan fingerprint density at radius 1 is 1.17 bits per heavy atom. The number of nitrogens with one attached hydrogen (secondary N) is 1. The molecule has 0 bridgehead atoms. The highest BCUT2D eigenvalue weighted by Gasteiger charge is 2.06. The lowest BCUT2D eigenvalue weighted by atomic mass is 10.1. The molecule has 4 heteroatoms. The molecule has 0 unspecified atom stereocenters. The molecule has 0 fully saturated rings. The van der Waals surface area contributed by atoms with Crippen LogP contribution in [0.5, 0.6) is 5.75 Å². The third-order valence-electron chi connectivity index (χ3n) is 3.57. The lowest BCUT2D eigenvalue weighted by Gasteiger charge is -2.11. The van der Waals surface area contributed by atoms with Crippen molar-refractivity contribution in [3.05, 3.63) is 59.2 Å². The Morgan fingerprint density at radius 2 is 2.00 bits per heavy atom. The molecule has 0 spiro atoms. The molecule has 0 aliphatic heterocycles. The van der Waals surface area contributed by atoms with Gasteiger partial charge in [0.2, 0.25) is 5.91 Å². The summed E-state index contributed by atoms with van der Waals surface area (Å²) in [5, 5.41) is 2.90. The van der Waals surface area contributed by atoms with Crippen LogP contribution in [-0.2, 0) is 11.4 Å². The van der Waals surface area contributed by atoms with Gasteiger partial charge in [0.15, 0.2) is 0 Å². The number of benzene rings is 2. The third-order valence-corrected chi connectivity index (χ3v) is 3.57. The molecule has 0 atom stereocenters. The zero-order valence-electron chi connectivity index (χ0n) is 13.8. The fraction of sp³-hybridized carbons (Fsp3) is 0.316. The second-order valence-corrected chi connectivity index (χ2v) is 5.69. The van der Waals surface area contributed by atoms with E-state index in [0.717, 1.165) is 22.6 Å². The Labute approximate surface area is 137 Å². The average molecular weight is 312 g/mol. The number of ether oxygens (including phenoxy) is 1. The molecule has 2 aromatic rings. The lowest BCUT2D eigenvalue weighted by molar-refractivity contribution is -0.116. The topological polar surface area (TPSA) is 64.3 Å². The van der Waals surface area contributed by atoms with Crippen molar-refractivity contribution in [2.45, 2.75) is 33.3 Å². The summed E-state index contributed by atoms with van der Waals surface area (Å²) in [6.45, 7) is 5.08. The first-order valence-electron chi connectivity index (χ1n) is 7.87. The standard InChI is InChI=1S/C19H24N2O2/c1-14-5-3-6-16(11-14)13-23-17-8-9-18(15(2)12-17)21-19(22)7-4-10-20/h3,5-6,8-9,11-12H,4,7,10,13,20H2,1-2H3,(H,21,22). The quantitative estimate of drug-likeness (QED) is 0.821. The summed E-state index contributed by atoms with van der Waals surface area (Å²) in [5.41, 5.74) is 9.57. The number of nitrogens with two attached hydrogens (primary N) is 1. The Hall–Kier alpha value is -2.33. The van der Waals surface area contributed by atoms with E-state index in [1.807, 2.05) is 37.3 Å². The van der Waals surface area contributed by atoms with Gasteiger partial charge in [-0.1, -0.05) is 29.8 Å². The number of anilines is 1. The summed E-state index contributed by atoms with van der Waals surface area (Å²) in [4.78, 5) is 11.8. The molecule has 0 aromatic heterocycles. The fourth-order valence-electron chi connectivity index (χ4n) is 2.31. The molecule has 3 N–H and O–H groups in total. The molecule has 0 saturated carbocycles. The van der Waals surface area contributed by atoms with E-state index in [0.29, 0.717) is 26.0 Å². The van der Waals surface area contributed by atoms with E-state index < -0.39 is 0 Å². The zero-order valence-corrected chi connectivity index (χ0v) is 13.8. The minimum absolute atomic E-state index is 0.00743. The Kier molecular flexibility index (Phi) is 6.18. The van der Waals surface area contributed by atoms with Crippen molar-refractivity contribution in [1.29, 1.82) is 0 Å². The lowest BCUT2D eigenvalue weighted by Crippen LogP contribution is -2.14. The van der Waals surface area contributed by atoms with Crippen LogP contribution in [0.4, 0.5) is 5.69 Å². The van der Waals surface area contributed by atoms with E-state index in [4.69, 9.17) is 10.5 Å². The summed E-state index contributed by atoms with van der Waals surface area (Å²) in [6, 6.07) is 13.9. The van der Waals surface area contributed by atoms with Crippen LogP contribution >= 0.6 is 0 Å². The van der Waals surface area contributed by atoms with E-state index in [2.05, 4.69) is 24.4 Å². The first-order chi connectivity index (χ1) is 11.1. The van der Waals surface area contributed by atoms with Crippen LogP contribution in [0.3, 0.4) is 0 Å². The van der Waals surface area contributed by atoms with Gasteiger partial charge < -0.3 is 15.8 Å². The number of carbonyl (C=O) groups is 1. The van der Waals surface area contributed by atoms with Crippen molar-refractivity contribution >= 4 is 11.6 Å². The second-order valence-electron chi connectivity index (χ2n) is 5.69. The van der Waals surface area contributed by atoms with Gasteiger partial charge in [0.05, 0.1) is 0 Å². The van der Waals surface area contributed by atoms with E-state index in [9.17, 15) is 4.79 Å². The minimum Gasteiger partial charge on any atom is -0.489 e. The monoisotopic (exact) mass is 312 g/mol. The Morgan fingerprint density at radius 3 is 2.70 bits per heavy atom. The first kappa shape index (κ1) is 17.0. The minimum atomic E-state index is -0.00743. The predicted octanol–water partition coefficient (Wildman–Crippen LogP) is 3.56. The molecular formula is C19H24N2O2. The summed E-state index contributed by atoms with van der Waals surface area (Å²) in [6.07, 6.45) is 1.14. The number of aryl methyl sites for hydroxylation is 2. The molecule has 0 aliphatic carbocycles. The van der Waals surface area contributed by atoms with Gasteiger partial charge in [0, 0.05) is 12.1 Å². The van der Waals surface area contributed by atoms with E-state index in [1.54, 1.807) is 0 Å². The van der Waals surface area contributed by atoms with Gasteiger partial charge in [-0.15, -0.1) is 0 Å². The molecule has 4 nitrogen and oxygen atoms in total. The fourth-order valence-corrected chi connectivity index (χ4v) is 2.31. The maximum atomic E-state index is 11.8. The first-order valence-corrected chi connectivity index (χ1v) is 7.87.